The molecule has 0 aromatic heterocycles. The number of amides is 1. The molecule has 0 heterocycles. The van der Waals surface area contributed by atoms with Crippen molar-refractivity contribution in [3.8, 4) is 0 Å². The van der Waals surface area contributed by atoms with Gasteiger partial charge >= 0.3 is 0 Å². The highest BCUT2D eigenvalue weighted by atomic mass is 35.5. The Morgan fingerprint density at radius 3 is 2.25 bits per heavy atom. The van der Waals surface area contributed by atoms with Crippen LogP contribution >= 0.6 is 11.6 Å². The summed E-state index contributed by atoms with van der Waals surface area (Å²) < 4.78 is 33.5. The van der Waals surface area contributed by atoms with E-state index in [0.717, 1.165) is 11.1 Å². The predicted octanol–water partition coefficient (Wildman–Crippen LogP) is 4.16. The summed E-state index contributed by atoms with van der Waals surface area (Å²) in [7, 11) is -3.89. The van der Waals surface area contributed by atoms with Crippen molar-refractivity contribution < 1.29 is 17.9 Å². The third-order valence-corrected chi connectivity index (χ3v) is 6.54. The molecule has 0 atom stereocenters. The second-order valence-electron chi connectivity index (χ2n) is 7.10. The number of halogens is 1. The van der Waals surface area contributed by atoms with E-state index in [1.807, 2.05) is 60.7 Å². The Balaban J connectivity index is 1.50. The van der Waals surface area contributed by atoms with Crippen molar-refractivity contribution in [2.75, 3.05) is 13.2 Å². The molecule has 0 fully saturated rings. The van der Waals surface area contributed by atoms with Gasteiger partial charge in [0.1, 0.15) is 4.90 Å². The molecule has 6 nitrogen and oxygen atoms in total. The van der Waals surface area contributed by atoms with Gasteiger partial charge in [0, 0.05) is 25.3 Å². The smallest absolute Gasteiger partial charge is 0.251 e. The molecule has 3 aromatic rings. The molecular formula is C24H25ClN2O4S. The molecule has 0 spiro atoms. The number of sulfonamides is 1. The van der Waals surface area contributed by atoms with E-state index < -0.39 is 10.0 Å². The van der Waals surface area contributed by atoms with E-state index in [2.05, 4.69) is 10.0 Å². The Bertz CT molecular complexity index is 1120. The van der Waals surface area contributed by atoms with Crippen molar-refractivity contribution in [3.05, 3.63) is 101 Å². The molecular weight excluding hydrogens is 448 g/mol. The van der Waals surface area contributed by atoms with E-state index in [0.29, 0.717) is 26.2 Å². The number of hydrogen-bond acceptors (Lipinski definition) is 4. The minimum absolute atomic E-state index is 0.0522. The number of hydrogen-bond donors (Lipinski definition) is 2. The van der Waals surface area contributed by atoms with Gasteiger partial charge in [0.15, 0.2) is 0 Å². The van der Waals surface area contributed by atoms with Gasteiger partial charge in [-0.25, -0.2) is 13.1 Å². The standard InChI is InChI=1S/C24H25ClN2O4S/c25-22-13-12-21(16-23(22)32(29,30)27-17-19-8-3-1-4-9-19)24(28)26-14-7-15-31-18-20-10-5-2-6-11-20/h1-6,8-13,16,27H,7,14-15,17-18H2,(H,26,28). The van der Waals surface area contributed by atoms with Crippen LogP contribution in [0.4, 0.5) is 0 Å². The molecule has 0 saturated carbocycles. The summed E-state index contributed by atoms with van der Waals surface area (Å²) >= 11 is 6.11. The normalized spacial score (nSPS) is 11.3. The van der Waals surface area contributed by atoms with Gasteiger partial charge in [-0.1, -0.05) is 72.3 Å². The van der Waals surface area contributed by atoms with Gasteiger partial charge < -0.3 is 10.1 Å². The van der Waals surface area contributed by atoms with Crippen molar-refractivity contribution in [1.82, 2.24) is 10.0 Å². The number of carbonyl (C=O) groups excluding carboxylic acids is 1. The van der Waals surface area contributed by atoms with E-state index in [1.54, 1.807) is 0 Å². The van der Waals surface area contributed by atoms with Gasteiger partial charge in [0.25, 0.3) is 5.91 Å². The highest BCUT2D eigenvalue weighted by molar-refractivity contribution is 7.89. The molecule has 0 unspecified atom stereocenters. The molecule has 3 rings (SSSR count). The first kappa shape index (κ1) is 23.9. The van der Waals surface area contributed by atoms with Crippen LogP contribution in [0.3, 0.4) is 0 Å². The molecule has 0 saturated heterocycles. The maximum Gasteiger partial charge on any atom is 0.251 e. The van der Waals surface area contributed by atoms with Crippen molar-refractivity contribution in [2.45, 2.75) is 24.5 Å². The van der Waals surface area contributed by atoms with E-state index >= 15 is 0 Å². The van der Waals surface area contributed by atoms with Crippen molar-refractivity contribution in [2.24, 2.45) is 0 Å². The summed E-state index contributed by atoms with van der Waals surface area (Å²) in [6, 6.07) is 23.2. The second kappa shape index (κ2) is 11.8. The lowest BCUT2D eigenvalue weighted by Crippen LogP contribution is -2.27. The van der Waals surface area contributed by atoms with Gasteiger partial charge in [0.2, 0.25) is 10.0 Å². The highest BCUT2D eigenvalue weighted by Gasteiger charge is 2.20. The molecule has 1 amide bonds. The first-order valence-electron chi connectivity index (χ1n) is 10.2. The van der Waals surface area contributed by atoms with E-state index in [9.17, 15) is 13.2 Å². The van der Waals surface area contributed by atoms with Crippen molar-refractivity contribution >= 4 is 27.5 Å². The van der Waals surface area contributed by atoms with E-state index in [-0.39, 0.29) is 27.9 Å². The zero-order chi connectivity index (χ0) is 22.8. The third-order valence-electron chi connectivity index (χ3n) is 4.65. The average molecular weight is 473 g/mol. The molecule has 3 aromatic carbocycles. The number of benzene rings is 3. The van der Waals surface area contributed by atoms with Gasteiger partial charge in [-0.3, -0.25) is 4.79 Å². The molecule has 0 aliphatic heterocycles. The zero-order valence-electron chi connectivity index (χ0n) is 17.5. The molecule has 2 N–H and O–H groups in total. The number of carbonyl (C=O) groups is 1. The van der Waals surface area contributed by atoms with Crippen molar-refractivity contribution in [1.29, 1.82) is 0 Å². The van der Waals surface area contributed by atoms with Crippen LogP contribution in [0, 0.1) is 0 Å². The van der Waals surface area contributed by atoms with Crippen LogP contribution in [-0.2, 0) is 27.9 Å². The predicted molar refractivity (Wildman–Crippen MR) is 125 cm³/mol. The van der Waals surface area contributed by atoms with Gasteiger partial charge in [-0.15, -0.1) is 0 Å². The van der Waals surface area contributed by atoms with E-state index in [4.69, 9.17) is 16.3 Å². The Kier molecular flexibility index (Phi) is 8.81. The Hall–Kier alpha value is -2.71. The summed E-state index contributed by atoms with van der Waals surface area (Å²) in [6.07, 6.45) is 0.635. The topological polar surface area (TPSA) is 84.5 Å². The molecule has 168 valence electrons. The Morgan fingerprint density at radius 1 is 0.906 bits per heavy atom. The van der Waals surface area contributed by atoms with Gasteiger partial charge in [-0.2, -0.15) is 0 Å². The van der Waals surface area contributed by atoms with Crippen LogP contribution in [0.1, 0.15) is 27.9 Å². The average Bonchev–Trinajstić information content (AvgIpc) is 2.81. The van der Waals surface area contributed by atoms with Crippen LogP contribution in [0.15, 0.2) is 83.8 Å². The Labute approximate surface area is 193 Å². The van der Waals surface area contributed by atoms with Crippen LogP contribution < -0.4 is 10.0 Å². The number of nitrogens with one attached hydrogen (secondary N) is 2. The monoisotopic (exact) mass is 472 g/mol. The molecule has 32 heavy (non-hydrogen) atoms. The number of rotatable bonds is 11. The van der Waals surface area contributed by atoms with Crippen LogP contribution in [0.25, 0.3) is 0 Å². The molecule has 0 aliphatic carbocycles. The fraction of sp³-hybridized carbons (Fsp3) is 0.208. The molecule has 0 aliphatic rings. The SMILES string of the molecule is O=C(NCCCOCc1ccccc1)c1ccc(Cl)c(S(=O)(=O)NCc2ccccc2)c1. The quantitative estimate of drug-likeness (QED) is 0.410. The fourth-order valence-electron chi connectivity index (χ4n) is 2.94. The maximum absolute atomic E-state index is 12.7. The summed E-state index contributed by atoms with van der Waals surface area (Å²) in [6.45, 7) is 1.55. The minimum Gasteiger partial charge on any atom is -0.377 e. The lowest BCUT2D eigenvalue weighted by atomic mass is 10.2. The number of ether oxygens (including phenoxy) is 1. The van der Waals surface area contributed by atoms with Crippen LogP contribution in [0.5, 0.6) is 0 Å². The molecule has 8 heteroatoms. The van der Waals surface area contributed by atoms with Crippen LogP contribution in [-0.4, -0.2) is 27.5 Å². The first-order valence-corrected chi connectivity index (χ1v) is 12.0. The first-order chi connectivity index (χ1) is 15.5. The third kappa shape index (κ3) is 7.17. The maximum atomic E-state index is 12.7. The summed E-state index contributed by atoms with van der Waals surface area (Å²) in [4.78, 5) is 12.3. The fourth-order valence-corrected chi connectivity index (χ4v) is 4.49. The molecule has 0 radical (unpaired) electrons. The lowest BCUT2D eigenvalue weighted by molar-refractivity contribution is 0.0934. The van der Waals surface area contributed by atoms with E-state index in [1.165, 1.54) is 18.2 Å². The largest absolute Gasteiger partial charge is 0.377 e. The van der Waals surface area contributed by atoms with Crippen LogP contribution in [0.2, 0.25) is 5.02 Å². The second-order valence-corrected chi connectivity index (χ2v) is 9.25. The minimum atomic E-state index is -3.89. The summed E-state index contributed by atoms with van der Waals surface area (Å²) in [5, 5.41) is 2.83. The van der Waals surface area contributed by atoms with Gasteiger partial charge in [-0.05, 0) is 35.7 Å². The highest BCUT2D eigenvalue weighted by Crippen LogP contribution is 2.23. The van der Waals surface area contributed by atoms with Gasteiger partial charge in [0.05, 0.1) is 11.6 Å². The molecule has 0 bridgehead atoms. The lowest BCUT2D eigenvalue weighted by Gasteiger charge is -2.11. The van der Waals surface area contributed by atoms with Crippen molar-refractivity contribution in [3.63, 3.8) is 0 Å². The summed E-state index contributed by atoms with van der Waals surface area (Å²) in [5.41, 5.74) is 2.13. The summed E-state index contributed by atoms with van der Waals surface area (Å²) in [5.74, 6) is -0.371. The zero-order valence-corrected chi connectivity index (χ0v) is 19.0. The Morgan fingerprint density at radius 2 is 1.56 bits per heavy atom.